The summed E-state index contributed by atoms with van der Waals surface area (Å²) in [5.41, 5.74) is 1.76. The molecule has 8 heteroatoms. The van der Waals surface area contributed by atoms with Crippen LogP contribution >= 0.6 is 22.7 Å². The normalized spacial score (nSPS) is 13.0. The second kappa shape index (κ2) is 7.74. The van der Waals surface area contributed by atoms with E-state index in [4.69, 9.17) is 0 Å². The van der Waals surface area contributed by atoms with E-state index in [1.165, 1.54) is 11.3 Å². The van der Waals surface area contributed by atoms with Gasteiger partial charge in [0.25, 0.3) is 10.0 Å². The molecule has 131 valence electrons. The number of sulfonamides is 1. The number of hydrogen-bond donors (Lipinski definition) is 1. The molecule has 2 aromatic heterocycles. The summed E-state index contributed by atoms with van der Waals surface area (Å²) < 4.78 is 28.2. The lowest BCUT2D eigenvalue weighted by molar-refractivity contribution is 0.547. The van der Waals surface area contributed by atoms with Gasteiger partial charge < -0.3 is 0 Å². The number of nitrogens with one attached hydrogen (secondary N) is 1. The maximum absolute atomic E-state index is 12.7. The van der Waals surface area contributed by atoms with Crippen LogP contribution < -0.4 is 4.72 Å². The van der Waals surface area contributed by atoms with Crippen molar-refractivity contribution in [2.24, 2.45) is 0 Å². The van der Waals surface area contributed by atoms with E-state index in [0.717, 1.165) is 27.7 Å². The fourth-order valence-corrected chi connectivity index (χ4v) is 5.30. The van der Waals surface area contributed by atoms with Gasteiger partial charge in [-0.25, -0.2) is 23.1 Å². The lowest BCUT2D eigenvalue weighted by atomic mass is 10.1. The molecule has 0 spiro atoms. The fourth-order valence-electron chi connectivity index (χ4n) is 2.36. The van der Waals surface area contributed by atoms with E-state index in [9.17, 15) is 8.42 Å². The minimum Gasteiger partial charge on any atom is -0.245 e. The number of hydrogen-bond acceptors (Lipinski definition) is 6. The average Bonchev–Trinajstić information content (AvgIpc) is 3.24. The van der Waals surface area contributed by atoms with Gasteiger partial charge in [-0.2, -0.15) is 0 Å². The van der Waals surface area contributed by atoms with Gasteiger partial charge in [0.15, 0.2) is 5.03 Å². The monoisotopic (exact) mass is 392 g/mol. The Hall–Kier alpha value is -1.61. The van der Waals surface area contributed by atoms with Crippen molar-refractivity contribution in [3.63, 3.8) is 0 Å². The van der Waals surface area contributed by atoms with Crippen molar-refractivity contribution in [1.82, 2.24) is 14.7 Å². The zero-order valence-corrected chi connectivity index (χ0v) is 16.3. The van der Waals surface area contributed by atoms with Gasteiger partial charge in [-0.3, -0.25) is 0 Å². The molecule has 0 aliphatic carbocycles. The number of rotatable bonds is 7. The van der Waals surface area contributed by atoms with Gasteiger partial charge in [0.05, 0.1) is 21.8 Å². The van der Waals surface area contributed by atoms with Gasteiger partial charge in [0, 0.05) is 10.8 Å². The van der Waals surface area contributed by atoms with Gasteiger partial charge in [-0.05, 0) is 31.4 Å². The Bertz CT molecular complexity index is 933. The molecular weight excluding hydrogens is 374 g/mol. The molecular formula is C17H18N3O2S3. The van der Waals surface area contributed by atoms with Crippen LogP contribution in [-0.4, -0.2) is 18.4 Å². The van der Waals surface area contributed by atoms with Gasteiger partial charge in [0.2, 0.25) is 0 Å². The van der Waals surface area contributed by atoms with E-state index in [1.54, 1.807) is 23.6 Å². The minimum absolute atomic E-state index is 0.0624. The number of aromatic nitrogens is 2. The van der Waals surface area contributed by atoms with Crippen LogP contribution in [0.15, 0.2) is 40.1 Å². The van der Waals surface area contributed by atoms with Crippen LogP contribution in [0.5, 0.6) is 0 Å². The van der Waals surface area contributed by atoms with Crippen LogP contribution in [0.1, 0.15) is 34.2 Å². The summed E-state index contributed by atoms with van der Waals surface area (Å²) in [5.74, 6) is 0. The molecule has 0 amide bonds. The Morgan fingerprint density at radius 3 is 2.56 bits per heavy atom. The minimum atomic E-state index is -3.70. The summed E-state index contributed by atoms with van der Waals surface area (Å²) in [4.78, 5) is 8.68. The van der Waals surface area contributed by atoms with E-state index in [-0.39, 0.29) is 5.03 Å². The Morgan fingerprint density at radius 2 is 1.96 bits per heavy atom. The van der Waals surface area contributed by atoms with Crippen LogP contribution in [0.2, 0.25) is 0 Å². The number of aryl methyl sites for hydroxylation is 2. The molecule has 0 aliphatic heterocycles. The van der Waals surface area contributed by atoms with Crippen LogP contribution in [0.25, 0.3) is 0 Å². The first kappa shape index (κ1) is 18.2. The third-order valence-corrected chi connectivity index (χ3v) is 6.92. The summed E-state index contributed by atoms with van der Waals surface area (Å²) in [6.07, 6.45) is 1.35. The first-order chi connectivity index (χ1) is 12.0. The van der Waals surface area contributed by atoms with Crippen molar-refractivity contribution in [3.05, 3.63) is 62.4 Å². The zero-order chi connectivity index (χ0) is 17.9. The predicted molar refractivity (Wildman–Crippen MR) is 100 cm³/mol. The molecule has 1 aromatic carbocycles. The lowest BCUT2D eigenvalue weighted by Gasteiger charge is -2.16. The first-order valence-corrected chi connectivity index (χ1v) is 11.1. The highest BCUT2D eigenvalue weighted by Crippen LogP contribution is 2.24. The maximum atomic E-state index is 12.7. The quantitative estimate of drug-likeness (QED) is 0.668. The van der Waals surface area contributed by atoms with Crippen molar-refractivity contribution in [1.29, 1.82) is 0 Å². The number of benzene rings is 1. The van der Waals surface area contributed by atoms with Crippen LogP contribution in [0, 0.1) is 13.0 Å². The molecule has 1 atom stereocenters. The molecule has 0 fully saturated rings. The average molecular weight is 393 g/mol. The Kier molecular flexibility index (Phi) is 5.63. The molecule has 1 unspecified atom stereocenters. The molecule has 5 nitrogen and oxygen atoms in total. The van der Waals surface area contributed by atoms with Crippen molar-refractivity contribution in [3.8, 4) is 0 Å². The molecule has 25 heavy (non-hydrogen) atoms. The molecule has 0 bridgehead atoms. The topological polar surface area (TPSA) is 72.0 Å². The second-order valence-electron chi connectivity index (χ2n) is 5.51. The smallest absolute Gasteiger partial charge is 0.245 e. The summed E-state index contributed by atoms with van der Waals surface area (Å²) in [6.45, 7) is 3.82. The number of nitrogens with zero attached hydrogens (tertiary/aromatic N) is 2. The zero-order valence-electron chi connectivity index (χ0n) is 13.9. The highest BCUT2D eigenvalue weighted by molar-refractivity contribution is 7.89. The Balaban J connectivity index is 1.90. The molecule has 1 N–H and O–H groups in total. The highest BCUT2D eigenvalue weighted by atomic mass is 32.2. The summed E-state index contributed by atoms with van der Waals surface area (Å²) >= 11 is 2.87. The van der Waals surface area contributed by atoms with E-state index in [1.807, 2.05) is 36.6 Å². The van der Waals surface area contributed by atoms with Gasteiger partial charge in [-0.1, -0.05) is 31.2 Å². The van der Waals surface area contributed by atoms with Gasteiger partial charge in [-0.15, -0.1) is 22.7 Å². The van der Waals surface area contributed by atoms with Crippen LogP contribution in [-0.2, 0) is 22.9 Å². The molecule has 2 heterocycles. The SMILES string of the molecule is CCc1nc(C(Cc2cc[c]cc2)NS(=O)(=O)c2csc(C)n2)cs1. The molecule has 1 radical (unpaired) electrons. The summed E-state index contributed by atoms with van der Waals surface area (Å²) in [7, 11) is -3.70. The molecule has 3 aromatic rings. The molecule has 3 rings (SSSR count). The van der Waals surface area contributed by atoms with E-state index in [2.05, 4.69) is 20.8 Å². The van der Waals surface area contributed by atoms with Crippen LogP contribution in [0.3, 0.4) is 0 Å². The molecule has 0 saturated heterocycles. The first-order valence-electron chi connectivity index (χ1n) is 7.81. The largest absolute Gasteiger partial charge is 0.259 e. The summed E-state index contributed by atoms with van der Waals surface area (Å²) in [6, 6.07) is 10.0. The fraction of sp³-hybridized carbons (Fsp3) is 0.294. The van der Waals surface area contributed by atoms with Gasteiger partial charge >= 0.3 is 0 Å². The van der Waals surface area contributed by atoms with Crippen molar-refractivity contribution < 1.29 is 8.42 Å². The van der Waals surface area contributed by atoms with Crippen molar-refractivity contribution in [2.45, 2.75) is 37.8 Å². The number of thiazole rings is 2. The Morgan fingerprint density at radius 1 is 1.20 bits per heavy atom. The van der Waals surface area contributed by atoms with E-state index < -0.39 is 16.1 Å². The Labute approximate surface area is 155 Å². The van der Waals surface area contributed by atoms with Crippen molar-refractivity contribution >= 4 is 32.7 Å². The maximum Gasteiger partial charge on any atom is 0.259 e. The van der Waals surface area contributed by atoms with E-state index >= 15 is 0 Å². The summed E-state index contributed by atoms with van der Waals surface area (Å²) in [5, 5.41) is 5.26. The highest BCUT2D eigenvalue weighted by Gasteiger charge is 2.25. The lowest BCUT2D eigenvalue weighted by Crippen LogP contribution is -2.30. The van der Waals surface area contributed by atoms with Crippen LogP contribution in [0.4, 0.5) is 0 Å². The van der Waals surface area contributed by atoms with Crippen molar-refractivity contribution in [2.75, 3.05) is 0 Å². The third kappa shape index (κ3) is 4.52. The van der Waals surface area contributed by atoms with E-state index in [0.29, 0.717) is 6.42 Å². The molecule has 0 saturated carbocycles. The second-order valence-corrected chi connectivity index (χ2v) is 9.18. The predicted octanol–water partition coefficient (Wildman–Crippen LogP) is 3.53. The molecule has 0 aliphatic rings. The standard InChI is InChI=1S/C17H18N3O2S3/c1-3-16-19-15(10-24-16)14(9-13-7-5-4-6-8-13)20-25(21,22)17-11-23-12(2)18-17/h5-8,10-11,14,20H,3,9H2,1-2H3. The van der Waals surface area contributed by atoms with Gasteiger partial charge in [0.1, 0.15) is 0 Å². The third-order valence-electron chi connectivity index (χ3n) is 3.63.